The lowest BCUT2D eigenvalue weighted by Crippen LogP contribution is -2.50. The standard InChI is InChI=1S/C28H35N9O4/c1-5-21(38)34-10-12-36(13-11-34)27(39)26-30-22-24(33(26)3)31-28(32-25(22)35-14-16-41-17-15-35)37-20-9-7-6-8-19(20)29-23(37)18(2)40-4/h6-9,18H,5,10-17H2,1-4H3. The molecule has 3 aromatic heterocycles. The van der Waals surface area contributed by atoms with E-state index in [0.717, 1.165) is 11.0 Å². The first-order valence-corrected chi connectivity index (χ1v) is 14.1. The van der Waals surface area contributed by atoms with E-state index in [9.17, 15) is 9.59 Å². The number of fused-ring (bicyclic) bond motifs is 2. The molecule has 2 aliphatic heterocycles. The van der Waals surface area contributed by atoms with Gasteiger partial charge in [0.05, 0.1) is 24.2 Å². The molecule has 1 unspecified atom stereocenters. The van der Waals surface area contributed by atoms with Crippen molar-refractivity contribution in [2.45, 2.75) is 26.4 Å². The summed E-state index contributed by atoms with van der Waals surface area (Å²) in [7, 11) is 3.46. The predicted octanol–water partition coefficient (Wildman–Crippen LogP) is 1.94. The number of ether oxygens (including phenoxy) is 2. The number of hydrogen-bond acceptors (Lipinski definition) is 9. The number of methoxy groups -OCH3 is 1. The number of aromatic nitrogens is 6. The summed E-state index contributed by atoms with van der Waals surface area (Å²) in [6, 6.07) is 7.84. The average molecular weight is 562 g/mol. The highest BCUT2D eigenvalue weighted by molar-refractivity contribution is 5.97. The maximum atomic E-state index is 13.7. The van der Waals surface area contributed by atoms with Crippen LogP contribution in [0.4, 0.5) is 5.82 Å². The lowest BCUT2D eigenvalue weighted by Gasteiger charge is -2.34. The Morgan fingerprint density at radius 3 is 2.39 bits per heavy atom. The Morgan fingerprint density at radius 1 is 0.976 bits per heavy atom. The highest BCUT2D eigenvalue weighted by Crippen LogP contribution is 2.30. The van der Waals surface area contributed by atoms with Gasteiger partial charge in [-0.25, -0.2) is 9.97 Å². The molecule has 0 N–H and O–H groups in total. The van der Waals surface area contributed by atoms with E-state index in [2.05, 4.69) is 4.90 Å². The van der Waals surface area contributed by atoms with Crippen molar-refractivity contribution in [3.05, 3.63) is 35.9 Å². The summed E-state index contributed by atoms with van der Waals surface area (Å²) in [5, 5.41) is 0. The number of anilines is 1. The molecule has 6 rings (SSSR count). The minimum atomic E-state index is -0.310. The highest BCUT2D eigenvalue weighted by Gasteiger charge is 2.30. The van der Waals surface area contributed by atoms with Gasteiger partial charge in [-0.2, -0.15) is 9.97 Å². The molecule has 2 amide bonds. The number of morpholine rings is 1. The summed E-state index contributed by atoms with van der Waals surface area (Å²) in [6.45, 7) is 8.16. The van der Waals surface area contributed by atoms with Gasteiger partial charge in [0.1, 0.15) is 11.9 Å². The molecule has 41 heavy (non-hydrogen) atoms. The number of carbonyl (C=O) groups is 2. The SMILES string of the molecule is CCC(=O)N1CCN(C(=O)c2nc3c(N4CCOCC4)nc(-n4c(C(C)OC)nc5ccccc54)nc3n2C)CC1. The van der Waals surface area contributed by atoms with Gasteiger partial charge >= 0.3 is 0 Å². The number of nitrogens with zero attached hydrogens (tertiary/aromatic N) is 9. The first kappa shape index (κ1) is 27.1. The fourth-order valence-electron chi connectivity index (χ4n) is 5.48. The van der Waals surface area contributed by atoms with Gasteiger partial charge in [-0.15, -0.1) is 0 Å². The van der Waals surface area contributed by atoms with E-state index in [1.54, 1.807) is 21.5 Å². The zero-order valence-electron chi connectivity index (χ0n) is 23.9. The van der Waals surface area contributed by atoms with E-state index >= 15 is 0 Å². The molecule has 13 heteroatoms. The van der Waals surface area contributed by atoms with E-state index in [-0.39, 0.29) is 23.7 Å². The second kappa shape index (κ2) is 11.1. The molecule has 5 heterocycles. The van der Waals surface area contributed by atoms with Crippen molar-refractivity contribution in [3.8, 4) is 5.95 Å². The van der Waals surface area contributed by atoms with Crippen LogP contribution in [-0.2, 0) is 21.3 Å². The lowest BCUT2D eigenvalue weighted by molar-refractivity contribution is -0.132. The molecule has 1 atom stereocenters. The fourth-order valence-corrected chi connectivity index (χ4v) is 5.48. The Kier molecular flexibility index (Phi) is 7.30. The molecule has 0 bridgehead atoms. The summed E-state index contributed by atoms with van der Waals surface area (Å²) in [5.74, 6) is 1.96. The summed E-state index contributed by atoms with van der Waals surface area (Å²) in [4.78, 5) is 51.2. The largest absolute Gasteiger partial charge is 0.378 e. The number of piperazine rings is 1. The van der Waals surface area contributed by atoms with Crippen LogP contribution in [0.15, 0.2) is 24.3 Å². The Morgan fingerprint density at radius 2 is 1.68 bits per heavy atom. The summed E-state index contributed by atoms with van der Waals surface area (Å²) < 4.78 is 14.9. The van der Waals surface area contributed by atoms with Gasteiger partial charge in [0.25, 0.3) is 5.91 Å². The van der Waals surface area contributed by atoms with Crippen LogP contribution in [-0.4, -0.2) is 110 Å². The van der Waals surface area contributed by atoms with Crippen LogP contribution in [0.3, 0.4) is 0 Å². The zero-order chi connectivity index (χ0) is 28.7. The Bertz CT molecular complexity index is 1600. The van der Waals surface area contributed by atoms with Gasteiger partial charge in [-0.3, -0.25) is 14.2 Å². The molecule has 0 radical (unpaired) electrons. The molecule has 216 valence electrons. The van der Waals surface area contributed by atoms with Gasteiger partial charge in [-0.05, 0) is 19.1 Å². The van der Waals surface area contributed by atoms with E-state index < -0.39 is 0 Å². The highest BCUT2D eigenvalue weighted by atomic mass is 16.5. The maximum Gasteiger partial charge on any atom is 0.290 e. The van der Waals surface area contributed by atoms with Gasteiger partial charge in [0.2, 0.25) is 17.7 Å². The number of aryl methyl sites for hydroxylation is 1. The minimum Gasteiger partial charge on any atom is -0.378 e. The van der Waals surface area contributed by atoms with Crippen molar-refractivity contribution in [1.82, 2.24) is 38.9 Å². The molecule has 13 nitrogen and oxygen atoms in total. The van der Waals surface area contributed by atoms with Crippen LogP contribution >= 0.6 is 0 Å². The van der Waals surface area contributed by atoms with Crippen LogP contribution in [0.1, 0.15) is 42.8 Å². The van der Waals surface area contributed by atoms with Gasteiger partial charge in [0, 0.05) is 59.8 Å². The number of carbonyl (C=O) groups excluding carboxylic acids is 2. The molecule has 2 aliphatic rings. The maximum absolute atomic E-state index is 13.7. The van der Waals surface area contributed by atoms with Crippen molar-refractivity contribution in [2.24, 2.45) is 7.05 Å². The van der Waals surface area contributed by atoms with E-state index in [1.807, 2.05) is 49.7 Å². The summed E-state index contributed by atoms with van der Waals surface area (Å²) >= 11 is 0. The van der Waals surface area contributed by atoms with Crippen LogP contribution in [0.2, 0.25) is 0 Å². The number of benzene rings is 1. The van der Waals surface area contributed by atoms with E-state index in [4.69, 9.17) is 29.4 Å². The average Bonchev–Trinajstić information content (AvgIpc) is 3.58. The quantitative estimate of drug-likeness (QED) is 0.347. The molecular formula is C28H35N9O4. The summed E-state index contributed by atoms with van der Waals surface area (Å²) in [5.41, 5.74) is 2.78. The molecule has 2 fully saturated rings. The molecule has 2 saturated heterocycles. The fraction of sp³-hybridized carbons (Fsp3) is 0.500. The van der Waals surface area contributed by atoms with E-state index in [0.29, 0.717) is 87.7 Å². The molecule has 0 spiro atoms. The van der Waals surface area contributed by atoms with Crippen LogP contribution in [0.5, 0.6) is 0 Å². The topological polar surface area (TPSA) is 124 Å². The Labute approximate surface area is 237 Å². The smallest absolute Gasteiger partial charge is 0.290 e. The third kappa shape index (κ3) is 4.78. The second-order valence-electron chi connectivity index (χ2n) is 10.3. The van der Waals surface area contributed by atoms with Crippen molar-refractivity contribution in [1.29, 1.82) is 0 Å². The van der Waals surface area contributed by atoms with Crippen LogP contribution < -0.4 is 4.90 Å². The number of hydrogen-bond donors (Lipinski definition) is 0. The van der Waals surface area contributed by atoms with E-state index in [1.165, 1.54) is 0 Å². The van der Waals surface area contributed by atoms with Gasteiger partial charge < -0.3 is 28.7 Å². The number of imidazole rings is 2. The molecule has 0 aliphatic carbocycles. The number of amides is 2. The van der Waals surface area contributed by atoms with Crippen LogP contribution in [0.25, 0.3) is 28.1 Å². The zero-order valence-corrected chi connectivity index (χ0v) is 23.9. The molecule has 0 saturated carbocycles. The third-order valence-corrected chi connectivity index (χ3v) is 7.92. The first-order chi connectivity index (χ1) is 19.9. The first-order valence-electron chi connectivity index (χ1n) is 14.1. The normalized spacial score (nSPS) is 17.0. The Balaban J connectivity index is 1.47. The minimum absolute atomic E-state index is 0.104. The van der Waals surface area contributed by atoms with Crippen molar-refractivity contribution >= 4 is 39.8 Å². The third-order valence-electron chi connectivity index (χ3n) is 7.92. The number of para-hydroxylation sites is 2. The van der Waals surface area contributed by atoms with Gasteiger partial charge in [-0.1, -0.05) is 19.1 Å². The number of rotatable bonds is 6. The van der Waals surface area contributed by atoms with Gasteiger partial charge in [0.15, 0.2) is 17.0 Å². The molecular weight excluding hydrogens is 526 g/mol. The molecule has 1 aromatic carbocycles. The lowest BCUT2D eigenvalue weighted by atomic mass is 10.2. The van der Waals surface area contributed by atoms with Crippen LogP contribution in [0, 0.1) is 0 Å². The second-order valence-corrected chi connectivity index (χ2v) is 10.3. The monoisotopic (exact) mass is 561 g/mol. The summed E-state index contributed by atoms with van der Waals surface area (Å²) in [6.07, 6.45) is 0.150. The van der Waals surface area contributed by atoms with Crippen molar-refractivity contribution in [3.63, 3.8) is 0 Å². The van der Waals surface area contributed by atoms with Crippen molar-refractivity contribution in [2.75, 3.05) is 64.5 Å². The van der Waals surface area contributed by atoms with Crippen molar-refractivity contribution < 1.29 is 19.1 Å². The predicted molar refractivity (Wildman–Crippen MR) is 152 cm³/mol. The Hall–Kier alpha value is -4.10. The molecule has 4 aromatic rings.